The molecule has 0 bridgehead atoms. The van der Waals surface area contributed by atoms with Crippen LogP contribution in [-0.4, -0.2) is 11.7 Å². The minimum absolute atomic E-state index is 0.259. The summed E-state index contributed by atoms with van der Waals surface area (Å²) in [5.74, 6) is 1.04. The van der Waals surface area contributed by atoms with E-state index in [0.717, 1.165) is 5.75 Å². The summed E-state index contributed by atoms with van der Waals surface area (Å²) in [5.41, 5.74) is 1.19. The summed E-state index contributed by atoms with van der Waals surface area (Å²) < 4.78 is 5.43. The number of aromatic hydroxyl groups is 1. The van der Waals surface area contributed by atoms with E-state index in [0.29, 0.717) is 6.61 Å². The summed E-state index contributed by atoms with van der Waals surface area (Å²) in [5, 5.41) is 9.01. The first-order valence-electron chi connectivity index (χ1n) is 4.26. The maximum Gasteiger partial charge on any atom is 0.120 e. The third kappa shape index (κ3) is 3.20. The third-order valence-electron chi connectivity index (χ3n) is 1.80. The summed E-state index contributed by atoms with van der Waals surface area (Å²) in [6.07, 6.45) is 2.01. The van der Waals surface area contributed by atoms with Gasteiger partial charge in [-0.05, 0) is 43.7 Å². The second kappa shape index (κ2) is 4.55. The summed E-state index contributed by atoms with van der Waals surface area (Å²) in [4.78, 5) is 0. The van der Waals surface area contributed by atoms with Crippen molar-refractivity contribution in [2.24, 2.45) is 0 Å². The standard InChI is InChI=1S/C11H14O2/c1-3-9(2)8-13-11-6-4-10(12)5-7-11/h3-7,12H,8H2,1-2H3/b9-3+. The molecule has 2 heteroatoms. The molecule has 1 N–H and O–H groups in total. The van der Waals surface area contributed by atoms with Crippen LogP contribution in [0.1, 0.15) is 13.8 Å². The Labute approximate surface area is 78.5 Å². The molecule has 0 saturated heterocycles. The van der Waals surface area contributed by atoms with E-state index in [2.05, 4.69) is 0 Å². The van der Waals surface area contributed by atoms with Crippen LogP contribution in [0.25, 0.3) is 0 Å². The first-order chi connectivity index (χ1) is 6.22. The van der Waals surface area contributed by atoms with Gasteiger partial charge in [-0.25, -0.2) is 0 Å². The molecule has 0 aromatic heterocycles. The normalized spacial score (nSPS) is 11.4. The Kier molecular flexibility index (Phi) is 3.38. The number of phenols is 1. The lowest BCUT2D eigenvalue weighted by molar-refractivity contribution is 0.351. The Balaban J connectivity index is 2.51. The maximum atomic E-state index is 9.01. The number of allylic oxidation sites excluding steroid dienone is 1. The van der Waals surface area contributed by atoms with Crippen LogP contribution in [0.5, 0.6) is 11.5 Å². The van der Waals surface area contributed by atoms with Crippen LogP contribution in [0, 0.1) is 0 Å². The Hall–Kier alpha value is -1.44. The second-order valence-electron chi connectivity index (χ2n) is 2.92. The largest absolute Gasteiger partial charge is 0.508 e. The molecule has 0 heterocycles. The molecular formula is C11H14O2. The van der Waals surface area contributed by atoms with Gasteiger partial charge in [0.1, 0.15) is 18.1 Å². The lowest BCUT2D eigenvalue weighted by Crippen LogP contribution is -1.97. The molecule has 70 valence electrons. The summed E-state index contributed by atoms with van der Waals surface area (Å²) in [6.45, 7) is 4.59. The molecule has 1 rings (SSSR count). The number of hydrogen-bond acceptors (Lipinski definition) is 2. The highest BCUT2D eigenvalue weighted by atomic mass is 16.5. The number of hydrogen-bond donors (Lipinski definition) is 1. The van der Waals surface area contributed by atoms with Gasteiger partial charge in [0.15, 0.2) is 0 Å². The van der Waals surface area contributed by atoms with Crippen LogP contribution in [0.3, 0.4) is 0 Å². The van der Waals surface area contributed by atoms with E-state index in [1.807, 2.05) is 19.9 Å². The number of ether oxygens (including phenoxy) is 1. The van der Waals surface area contributed by atoms with Gasteiger partial charge in [0.25, 0.3) is 0 Å². The van der Waals surface area contributed by atoms with Crippen molar-refractivity contribution in [2.45, 2.75) is 13.8 Å². The fourth-order valence-electron chi connectivity index (χ4n) is 0.823. The molecule has 0 fully saturated rings. The van der Waals surface area contributed by atoms with E-state index in [-0.39, 0.29) is 5.75 Å². The van der Waals surface area contributed by atoms with E-state index in [1.165, 1.54) is 5.57 Å². The molecule has 13 heavy (non-hydrogen) atoms. The molecule has 2 nitrogen and oxygen atoms in total. The van der Waals surface area contributed by atoms with Gasteiger partial charge in [-0.15, -0.1) is 0 Å². The fraction of sp³-hybridized carbons (Fsp3) is 0.273. The first kappa shape index (κ1) is 9.65. The van der Waals surface area contributed by atoms with Gasteiger partial charge in [0.05, 0.1) is 0 Å². The van der Waals surface area contributed by atoms with Crippen molar-refractivity contribution in [3.05, 3.63) is 35.9 Å². The quantitative estimate of drug-likeness (QED) is 0.721. The lowest BCUT2D eigenvalue weighted by atomic mass is 10.3. The van der Waals surface area contributed by atoms with Gasteiger partial charge >= 0.3 is 0 Å². The average Bonchev–Trinajstić information content (AvgIpc) is 2.16. The van der Waals surface area contributed by atoms with Crippen LogP contribution in [0.15, 0.2) is 35.9 Å². The summed E-state index contributed by atoms with van der Waals surface area (Å²) >= 11 is 0. The van der Waals surface area contributed by atoms with Gasteiger partial charge in [0, 0.05) is 0 Å². The summed E-state index contributed by atoms with van der Waals surface area (Å²) in [7, 11) is 0. The lowest BCUT2D eigenvalue weighted by Gasteiger charge is -2.05. The molecule has 1 aromatic carbocycles. The van der Waals surface area contributed by atoms with Crippen LogP contribution in [0.2, 0.25) is 0 Å². The second-order valence-corrected chi connectivity index (χ2v) is 2.92. The van der Waals surface area contributed by atoms with Crippen molar-refractivity contribution in [1.82, 2.24) is 0 Å². The number of rotatable bonds is 3. The summed E-state index contributed by atoms with van der Waals surface area (Å²) in [6, 6.07) is 6.72. The third-order valence-corrected chi connectivity index (χ3v) is 1.80. The molecule has 0 spiro atoms. The molecular weight excluding hydrogens is 164 g/mol. The van der Waals surface area contributed by atoms with Crippen molar-refractivity contribution < 1.29 is 9.84 Å². The van der Waals surface area contributed by atoms with Crippen molar-refractivity contribution in [1.29, 1.82) is 0 Å². The topological polar surface area (TPSA) is 29.5 Å². The minimum atomic E-state index is 0.259. The fourth-order valence-corrected chi connectivity index (χ4v) is 0.823. The molecule has 0 atom stereocenters. The predicted molar refractivity (Wildman–Crippen MR) is 53.0 cm³/mol. The molecule has 0 saturated carbocycles. The molecule has 0 aliphatic carbocycles. The smallest absolute Gasteiger partial charge is 0.120 e. The monoisotopic (exact) mass is 178 g/mol. The van der Waals surface area contributed by atoms with Crippen LogP contribution >= 0.6 is 0 Å². The molecule has 0 amide bonds. The van der Waals surface area contributed by atoms with E-state index >= 15 is 0 Å². The predicted octanol–water partition coefficient (Wildman–Crippen LogP) is 2.74. The van der Waals surface area contributed by atoms with Gasteiger partial charge in [-0.3, -0.25) is 0 Å². The highest BCUT2D eigenvalue weighted by Gasteiger charge is 1.93. The average molecular weight is 178 g/mol. The maximum absolute atomic E-state index is 9.01. The van der Waals surface area contributed by atoms with Crippen molar-refractivity contribution in [3.63, 3.8) is 0 Å². The van der Waals surface area contributed by atoms with Crippen LogP contribution in [-0.2, 0) is 0 Å². The zero-order chi connectivity index (χ0) is 9.68. The van der Waals surface area contributed by atoms with E-state index in [9.17, 15) is 0 Å². The minimum Gasteiger partial charge on any atom is -0.508 e. The van der Waals surface area contributed by atoms with Crippen LogP contribution < -0.4 is 4.74 Å². The van der Waals surface area contributed by atoms with Gasteiger partial charge in [-0.2, -0.15) is 0 Å². The van der Waals surface area contributed by atoms with Crippen molar-refractivity contribution >= 4 is 0 Å². The molecule has 0 radical (unpaired) electrons. The Bertz CT molecular complexity index is 285. The number of benzene rings is 1. The molecule has 0 aliphatic rings. The van der Waals surface area contributed by atoms with Crippen molar-refractivity contribution in [3.8, 4) is 11.5 Å². The Morgan fingerprint density at radius 2 is 2.00 bits per heavy atom. The van der Waals surface area contributed by atoms with Crippen LogP contribution in [0.4, 0.5) is 0 Å². The zero-order valence-corrected chi connectivity index (χ0v) is 7.95. The zero-order valence-electron chi connectivity index (χ0n) is 7.95. The Morgan fingerprint density at radius 3 is 2.54 bits per heavy atom. The molecule has 0 unspecified atom stereocenters. The highest BCUT2D eigenvalue weighted by Crippen LogP contribution is 2.16. The Morgan fingerprint density at radius 1 is 1.38 bits per heavy atom. The number of phenolic OH excluding ortho intramolecular Hbond substituents is 1. The van der Waals surface area contributed by atoms with E-state index in [1.54, 1.807) is 24.3 Å². The highest BCUT2D eigenvalue weighted by molar-refractivity contribution is 5.30. The molecule has 0 aliphatic heterocycles. The SMILES string of the molecule is C/C=C(\C)COc1ccc(O)cc1. The van der Waals surface area contributed by atoms with Gasteiger partial charge in [0.2, 0.25) is 0 Å². The van der Waals surface area contributed by atoms with E-state index < -0.39 is 0 Å². The van der Waals surface area contributed by atoms with E-state index in [4.69, 9.17) is 9.84 Å². The molecule has 1 aromatic rings. The first-order valence-corrected chi connectivity index (χ1v) is 4.26. The van der Waals surface area contributed by atoms with Gasteiger partial charge in [-0.1, -0.05) is 6.08 Å². The van der Waals surface area contributed by atoms with Crippen molar-refractivity contribution in [2.75, 3.05) is 6.61 Å². The van der Waals surface area contributed by atoms with Gasteiger partial charge < -0.3 is 9.84 Å².